The molecule has 0 aliphatic heterocycles. The van der Waals surface area contributed by atoms with E-state index in [-0.39, 0.29) is 4.21 Å². The number of sulfonamides is 1. The number of thiophene rings is 1. The highest BCUT2D eigenvalue weighted by Crippen LogP contribution is 2.27. The van der Waals surface area contributed by atoms with Crippen LogP contribution >= 0.6 is 27.3 Å². The smallest absolute Gasteiger partial charge is 0.263 e. The normalized spacial score (nSPS) is 11.3. The van der Waals surface area contributed by atoms with Crippen molar-refractivity contribution in [2.45, 2.75) is 4.21 Å². The van der Waals surface area contributed by atoms with Gasteiger partial charge in [-0.2, -0.15) is 0 Å². The van der Waals surface area contributed by atoms with E-state index in [1.165, 1.54) is 0 Å². The number of pyridine rings is 1. The summed E-state index contributed by atoms with van der Waals surface area (Å²) in [5.41, 5.74) is 1.97. The molecule has 22 heavy (non-hydrogen) atoms. The first-order chi connectivity index (χ1) is 10.5. The number of hydrogen-bond donors (Lipinski definition) is 1. The van der Waals surface area contributed by atoms with Gasteiger partial charge in [-0.25, -0.2) is 13.4 Å². The first-order valence-corrected chi connectivity index (χ1v) is 9.43. The van der Waals surface area contributed by atoms with Crippen molar-refractivity contribution in [3.63, 3.8) is 0 Å². The lowest BCUT2D eigenvalue weighted by Crippen LogP contribution is -2.12. The maximum atomic E-state index is 12.2. The van der Waals surface area contributed by atoms with E-state index >= 15 is 0 Å². The summed E-state index contributed by atoms with van der Waals surface area (Å²) in [4.78, 5) is 4.18. The van der Waals surface area contributed by atoms with E-state index in [0.717, 1.165) is 26.3 Å². The number of aromatic nitrogens is 1. The van der Waals surface area contributed by atoms with Crippen molar-refractivity contribution in [2.24, 2.45) is 0 Å². The van der Waals surface area contributed by atoms with Gasteiger partial charge in [0, 0.05) is 11.8 Å². The van der Waals surface area contributed by atoms with Crippen LogP contribution in [-0.4, -0.2) is 13.4 Å². The summed E-state index contributed by atoms with van der Waals surface area (Å²) in [6.45, 7) is 0. The van der Waals surface area contributed by atoms with Crippen LogP contribution in [0.4, 0.5) is 5.82 Å². The predicted octanol–water partition coefficient (Wildman–Crippen LogP) is 4.37. The van der Waals surface area contributed by atoms with Gasteiger partial charge in [0.2, 0.25) is 0 Å². The highest BCUT2D eigenvalue weighted by molar-refractivity contribution is 9.11. The molecule has 2 aromatic heterocycles. The molecule has 2 heterocycles. The zero-order valence-corrected chi connectivity index (χ0v) is 14.5. The molecular weight excluding hydrogens is 384 g/mol. The van der Waals surface area contributed by atoms with Gasteiger partial charge in [-0.05, 0) is 45.8 Å². The van der Waals surface area contributed by atoms with Crippen LogP contribution in [0.15, 0.2) is 68.8 Å². The van der Waals surface area contributed by atoms with Crippen LogP contribution in [0.3, 0.4) is 0 Å². The van der Waals surface area contributed by atoms with Crippen LogP contribution in [0.25, 0.3) is 11.1 Å². The summed E-state index contributed by atoms with van der Waals surface area (Å²) < 4.78 is 27.9. The molecule has 112 valence electrons. The molecule has 7 heteroatoms. The Kier molecular flexibility index (Phi) is 4.28. The fourth-order valence-electron chi connectivity index (χ4n) is 1.89. The Balaban J connectivity index is 1.82. The highest BCUT2D eigenvalue weighted by atomic mass is 79.9. The number of nitrogens with zero attached hydrogens (tertiary/aromatic N) is 1. The van der Waals surface area contributed by atoms with E-state index in [9.17, 15) is 8.42 Å². The van der Waals surface area contributed by atoms with Crippen LogP contribution in [0.5, 0.6) is 0 Å². The van der Waals surface area contributed by atoms with Crippen LogP contribution in [0, 0.1) is 0 Å². The monoisotopic (exact) mass is 394 g/mol. The molecule has 0 aliphatic carbocycles. The van der Waals surface area contributed by atoms with Gasteiger partial charge < -0.3 is 0 Å². The molecule has 0 unspecified atom stereocenters. The van der Waals surface area contributed by atoms with Crippen molar-refractivity contribution in [2.75, 3.05) is 4.72 Å². The van der Waals surface area contributed by atoms with Crippen LogP contribution < -0.4 is 4.72 Å². The number of anilines is 1. The number of nitrogens with one attached hydrogen (secondary N) is 1. The van der Waals surface area contributed by atoms with Crippen molar-refractivity contribution in [3.05, 3.63) is 64.6 Å². The molecule has 0 bridgehead atoms. The second-order valence-corrected chi connectivity index (χ2v) is 8.83. The van der Waals surface area contributed by atoms with Gasteiger partial charge in [0.1, 0.15) is 10.0 Å². The van der Waals surface area contributed by atoms with Gasteiger partial charge in [0.25, 0.3) is 10.0 Å². The third kappa shape index (κ3) is 3.37. The minimum absolute atomic E-state index is 0.244. The molecular formula is C15H11BrN2O2S2. The molecule has 3 rings (SSSR count). The zero-order chi connectivity index (χ0) is 15.6. The lowest BCUT2D eigenvalue weighted by Gasteiger charge is -2.06. The summed E-state index contributed by atoms with van der Waals surface area (Å²) in [5.74, 6) is 0.296. The second kappa shape index (κ2) is 6.20. The molecule has 0 aliphatic rings. The molecule has 3 aromatic rings. The first kappa shape index (κ1) is 15.2. The third-order valence-electron chi connectivity index (χ3n) is 2.92. The molecule has 0 amide bonds. The van der Waals surface area contributed by atoms with Crippen molar-refractivity contribution in [1.82, 2.24) is 4.98 Å². The summed E-state index contributed by atoms with van der Waals surface area (Å²) in [5, 5.41) is 0. The fraction of sp³-hybridized carbons (Fsp3) is 0. The first-order valence-electron chi connectivity index (χ1n) is 6.34. The Morgan fingerprint density at radius 3 is 2.32 bits per heavy atom. The van der Waals surface area contributed by atoms with E-state index in [1.807, 2.05) is 36.4 Å². The third-order valence-corrected chi connectivity index (χ3v) is 6.39. The molecule has 1 aromatic carbocycles. The Morgan fingerprint density at radius 2 is 1.73 bits per heavy atom. The Bertz CT molecular complexity index is 875. The molecule has 0 radical (unpaired) electrons. The van der Waals surface area contributed by atoms with Gasteiger partial charge in [-0.1, -0.05) is 30.3 Å². The second-order valence-electron chi connectivity index (χ2n) is 4.46. The SMILES string of the molecule is O=S(=O)(Nc1ccc(-c2ccccc2)cn1)c1ccc(Br)s1. The minimum atomic E-state index is -3.59. The van der Waals surface area contributed by atoms with Gasteiger partial charge in [-0.3, -0.25) is 4.72 Å². The lowest BCUT2D eigenvalue weighted by molar-refractivity contribution is 0.603. The van der Waals surface area contributed by atoms with Crippen molar-refractivity contribution >= 4 is 43.1 Å². The van der Waals surface area contributed by atoms with E-state index in [1.54, 1.807) is 24.4 Å². The molecule has 4 nitrogen and oxygen atoms in total. The van der Waals surface area contributed by atoms with E-state index in [0.29, 0.717) is 5.82 Å². The van der Waals surface area contributed by atoms with Gasteiger partial charge in [0.05, 0.1) is 3.79 Å². The number of hydrogen-bond acceptors (Lipinski definition) is 4. The van der Waals surface area contributed by atoms with Gasteiger partial charge in [0.15, 0.2) is 0 Å². The fourth-order valence-corrected chi connectivity index (χ4v) is 4.90. The Labute approximate surface area is 141 Å². The quantitative estimate of drug-likeness (QED) is 0.714. The van der Waals surface area contributed by atoms with E-state index in [4.69, 9.17) is 0 Å². The molecule has 0 atom stereocenters. The highest BCUT2D eigenvalue weighted by Gasteiger charge is 2.17. The van der Waals surface area contributed by atoms with Crippen molar-refractivity contribution in [1.29, 1.82) is 0 Å². The van der Waals surface area contributed by atoms with E-state index in [2.05, 4.69) is 25.6 Å². The van der Waals surface area contributed by atoms with E-state index < -0.39 is 10.0 Å². The average Bonchev–Trinajstić information content (AvgIpc) is 2.96. The predicted molar refractivity (Wildman–Crippen MR) is 92.5 cm³/mol. The Morgan fingerprint density at radius 1 is 0.955 bits per heavy atom. The number of benzene rings is 1. The summed E-state index contributed by atoms with van der Waals surface area (Å²) in [7, 11) is -3.59. The average molecular weight is 395 g/mol. The molecule has 0 fully saturated rings. The molecule has 0 saturated heterocycles. The number of rotatable bonds is 4. The minimum Gasteiger partial charge on any atom is -0.263 e. The summed E-state index contributed by atoms with van der Waals surface area (Å²) in [6.07, 6.45) is 1.65. The molecule has 1 N–H and O–H groups in total. The Hall–Kier alpha value is -1.70. The largest absolute Gasteiger partial charge is 0.272 e. The van der Waals surface area contributed by atoms with Gasteiger partial charge >= 0.3 is 0 Å². The maximum absolute atomic E-state index is 12.2. The van der Waals surface area contributed by atoms with Crippen LogP contribution in [0.1, 0.15) is 0 Å². The van der Waals surface area contributed by atoms with Crippen LogP contribution in [0.2, 0.25) is 0 Å². The lowest BCUT2D eigenvalue weighted by atomic mass is 10.1. The standard InChI is InChI=1S/C15H11BrN2O2S2/c16-13-7-9-15(21-13)22(19,20)18-14-8-6-12(10-17-14)11-4-2-1-3-5-11/h1-10H,(H,17,18). The van der Waals surface area contributed by atoms with Crippen molar-refractivity contribution < 1.29 is 8.42 Å². The number of halogens is 1. The molecule has 0 spiro atoms. The molecule has 0 saturated carbocycles. The maximum Gasteiger partial charge on any atom is 0.272 e. The topological polar surface area (TPSA) is 59.1 Å². The van der Waals surface area contributed by atoms with Crippen LogP contribution in [-0.2, 0) is 10.0 Å². The summed E-state index contributed by atoms with van der Waals surface area (Å²) >= 11 is 4.41. The van der Waals surface area contributed by atoms with Gasteiger partial charge in [-0.15, -0.1) is 11.3 Å². The van der Waals surface area contributed by atoms with Crippen molar-refractivity contribution in [3.8, 4) is 11.1 Å². The zero-order valence-electron chi connectivity index (χ0n) is 11.2. The summed E-state index contributed by atoms with van der Waals surface area (Å²) in [6, 6.07) is 16.5.